The second-order valence-electron chi connectivity index (χ2n) is 4.56. The molecule has 0 saturated heterocycles. The lowest BCUT2D eigenvalue weighted by atomic mass is 10.3. The maximum absolute atomic E-state index is 12.2. The summed E-state index contributed by atoms with van der Waals surface area (Å²) in [5, 5.41) is 5.74. The molecule has 122 valence electrons. The van der Waals surface area contributed by atoms with Crippen LogP contribution < -0.4 is 5.14 Å². The molecule has 0 bridgehead atoms. The molecule has 2 N–H and O–H groups in total. The molecule has 1 atom stereocenters. The van der Waals surface area contributed by atoms with Gasteiger partial charge in [-0.3, -0.25) is 0 Å². The summed E-state index contributed by atoms with van der Waals surface area (Å²) in [7, 11) is -9.13. The van der Waals surface area contributed by atoms with Crippen LogP contribution in [0.5, 0.6) is 0 Å². The van der Waals surface area contributed by atoms with Crippen LogP contribution in [0, 0.1) is 0 Å². The summed E-state index contributed by atoms with van der Waals surface area (Å²) >= 11 is 12.0. The lowest BCUT2D eigenvalue weighted by Gasteiger charge is -2.08. The molecule has 2 aromatic rings. The van der Waals surface area contributed by atoms with Crippen molar-refractivity contribution >= 4 is 53.9 Å². The minimum Gasteiger partial charge on any atom is -0.225 e. The normalized spacial score (nSPS) is 19.2. The van der Waals surface area contributed by atoms with E-state index in [1.54, 1.807) is 12.1 Å². The van der Waals surface area contributed by atoms with Crippen LogP contribution in [-0.4, -0.2) is 16.8 Å². The highest BCUT2D eigenvalue weighted by Gasteiger charge is 2.31. The summed E-state index contributed by atoms with van der Waals surface area (Å²) in [6.07, 6.45) is 0. The van der Waals surface area contributed by atoms with E-state index in [4.69, 9.17) is 28.3 Å². The average Bonchev–Trinajstić information content (AvgIpc) is 2.69. The zero-order chi connectivity index (χ0) is 17.0. The maximum Gasteiger partial charge on any atom is 0.289 e. The lowest BCUT2D eigenvalue weighted by Crippen LogP contribution is -2.12. The third kappa shape index (κ3) is 3.04. The van der Waals surface area contributed by atoms with Crippen molar-refractivity contribution in [2.24, 2.45) is 8.91 Å². The fraction of sp³-hybridized carbons (Fsp3) is 0. The molecule has 0 radical (unpaired) electrons. The Bertz CT molecular complexity index is 1080. The SMILES string of the molecule is NS(=O)(=O)c1ccc2c(c1)S(c1ccc(Cl)cc1Cl)=NS2(=O)=O. The van der Waals surface area contributed by atoms with Gasteiger partial charge >= 0.3 is 0 Å². The Kier molecular flexibility index (Phi) is 4.06. The van der Waals surface area contributed by atoms with Crippen molar-refractivity contribution in [3.05, 3.63) is 46.4 Å². The number of hydrogen-bond acceptors (Lipinski definition) is 4. The summed E-state index contributed by atoms with van der Waals surface area (Å²) in [5.41, 5.74) is 0. The number of rotatable bonds is 2. The lowest BCUT2D eigenvalue weighted by molar-refractivity contribution is 0.593. The Hall–Kier alpha value is -0.970. The van der Waals surface area contributed by atoms with Crippen molar-refractivity contribution < 1.29 is 16.8 Å². The van der Waals surface area contributed by atoms with Crippen LogP contribution in [-0.2, 0) is 30.7 Å². The molecule has 2 aromatic carbocycles. The van der Waals surface area contributed by atoms with Gasteiger partial charge in [0.1, 0.15) is 4.90 Å². The van der Waals surface area contributed by atoms with E-state index < -0.39 is 30.7 Å². The molecule has 1 aliphatic heterocycles. The van der Waals surface area contributed by atoms with Crippen molar-refractivity contribution in [1.29, 1.82) is 0 Å². The van der Waals surface area contributed by atoms with Crippen LogP contribution in [0.25, 0.3) is 0 Å². The molecule has 0 spiro atoms. The molecule has 1 heterocycles. The molecule has 23 heavy (non-hydrogen) atoms. The standard InChI is InChI=1S/C12H8Cl2N2O4S3/c13-7-1-3-10(9(14)5-7)21-11-6-8(22(15,17)18)2-4-12(11)23(19,20)16-21/h1-6H,(H2,15,17,18). The highest BCUT2D eigenvalue weighted by molar-refractivity contribution is 8.03. The number of benzene rings is 2. The number of fused-ring (bicyclic) bond motifs is 1. The number of halogens is 2. The van der Waals surface area contributed by atoms with E-state index in [0.717, 1.165) is 6.07 Å². The molecule has 3 rings (SSSR count). The van der Waals surface area contributed by atoms with Gasteiger partial charge in [-0.05, 0) is 47.1 Å². The molecular formula is C12H8Cl2N2O4S3. The second kappa shape index (κ2) is 5.54. The predicted octanol–water partition coefficient (Wildman–Crippen LogP) is 2.56. The van der Waals surface area contributed by atoms with Crippen molar-refractivity contribution in [2.45, 2.75) is 19.6 Å². The molecular weight excluding hydrogens is 403 g/mol. The van der Waals surface area contributed by atoms with Crippen LogP contribution in [0.2, 0.25) is 10.0 Å². The van der Waals surface area contributed by atoms with Gasteiger partial charge in [0.05, 0.1) is 9.92 Å². The molecule has 6 nitrogen and oxygen atoms in total. The molecule has 0 saturated carbocycles. The van der Waals surface area contributed by atoms with E-state index in [9.17, 15) is 16.8 Å². The number of nitrogens with zero attached hydrogens (tertiary/aromatic N) is 1. The van der Waals surface area contributed by atoms with E-state index in [2.05, 4.69) is 3.77 Å². The minimum absolute atomic E-state index is 0.0562. The Morgan fingerprint density at radius 1 is 1.04 bits per heavy atom. The highest BCUT2D eigenvalue weighted by Crippen LogP contribution is 2.38. The van der Waals surface area contributed by atoms with Crippen LogP contribution in [0.1, 0.15) is 0 Å². The molecule has 1 aliphatic rings. The van der Waals surface area contributed by atoms with Gasteiger partial charge in [-0.15, -0.1) is 3.77 Å². The number of nitrogens with two attached hydrogens (primary N) is 1. The molecule has 0 fully saturated rings. The topological polar surface area (TPSA) is 107 Å². The molecule has 1 unspecified atom stereocenters. The smallest absolute Gasteiger partial charge is 0.225 e. The van der Waals surface area contributed by atoms with Gasteiger partial charge in [0, 0.05) is 14.8 Å². The first-order valence-corrected chi connectivity index (χ1v) is 10.9. The molecule has 11 heteroatoms. The zero-order valence-electron chi connectivity index (χ0n) is 11.1. The van der Waals surface area contributed by atoms with Crippen LogP contribution in [0.3, 0.4) is 0 Å². The summed E-state index contributed by atoms with van der Waals surface area (Å²) in [6, 6.07) is 8.12. The highest BCUT2D eigenvalue weighted by atomic mass is 35.5. The molecule has 0 aromatic heterocycles. The van der Waals surface area contributed by atoms with Crippen molar-refractivity contribution in [2.75, 3.05) is 0 Å². The summed E-state index contributed by atoms with van der Waals surface area (Å²) in [6.45, 7) is 0. The molecule has 0 aliphatic carbocycles. The third-order valence-corrected chi connectivity index (χ3v) is 8.52. The molecule has 0 amide bonds. The number of primary sulfonamides is 1. The van der Waals surface area contributed by atoms with Crippen molar-refractivity contribution in [1.82, 2.24) is 0 Å². The van der Waals surface area contributed by atoms with Crippen LogP contribution in [0.15, 0.2) is 59.7 Å². The summed E-state index contributed by atoms with van der Waals surface area (Å²) in [4.78, 5) is 0.427. The first-order valence-electron chi connectivity index (χ1n) is 5.94. The second-order valence-corrected chi connectivity index (χ2v) is 10.4. The Morgan fingerprint density at radius 2 is 1.74 bits per heavy atom. The van der Waals surface area contributed by atoms with Gasteiger partial charge in [-0.25, -0.2) is 13.6 Å². The minimum atomic E-state index is -3.97. The monoisotopic (exact) mass is 410 g/mol. The van der Waals surface area contributed by atoms with E-state index in [0.29, 0.717) is 9.92 Å². The number of hydrogen-bond donors (Lipinski definition) is 1. The van der Waals surface area contributed by atoms with E-state index in [1.165, 1.54) is 18.2 Å². The Labute approximate surface area is 145 Å². The summed E-state index contributed by atoms with van der Waals surface area (Å²) in [5.74, 6) is 0. The first-order chi connectivity index (χ1) is 10.6. The maximum atomic E-state index is 12.2. The van der Waals surface area contributed by atoms with Gasteiger partial charge in [0.25, 0.3) is 10.0 Å². The predicted molar refractivity (Wildman–Crippen MR) is 87.8 cm³/mol. The van der Waals surface area contributed by atoms with E-state index in [1.807, 2.05) is 0 Å². The van der Waals surface area contributed by atoms with Crippen molar-refractivity contribution in [3.63, 3.8) is 0 Å². The van der Waals surface area contributed by atoms with E-state index in [-0.39, 0.29) is 19.7 Å². The van der Waals surface area contributed by atoms with Gasteiger partial charge in [0.15, 0.2) is 0 Å². The van der Waals surface area contributed by atoms with Gasteiger partial charge in [-0.1, -0.05) is 23.2 Å². The summed E-state index contributed by atoms with van der Waals surface area (Å²) < 4.78 is 51.2. The fourth-order valence-electron chi connectivity index (χ4n) is 2.00. The largest absolute Gasteiger partial charge is 0.289 e. The van der Waals surface area contributed by atoms with Crippen LogP contribution in [0.4, 0.5) is 0 Å². The van der Waals surface area contributed by atoms with Crippen LogP contribution >= 0.6 is 23.2 Å². The third-order valence-electron chi connectivity index (χ3n) is 3.00. The fourth-order valence-corrected chi connectivity index (χ4v) is 7.27. The van der Waals surface area contributed by atoms with Gasteiger partial charge < -0.3 is 0 Å². The average molecular weight is 411 g/mol. The van der Waals surface area contributed by atoms with Gasteiger partial charge in [0.2, 0.25) is 10.0 Å². The zero-order valence-corrected chi connectivity index (χ0v) is 15.1. The van der Waals surface area contributed by atoms with Crippen molar-refractivity contribution in [3.8, 4) is 0 Å². The van der Waals surface area contributed by atoms with Gasteiger partial charge in [-0.2, -0.15) is 8.42 Å². The van der Waals surface area contributed by atoms with E-state index >= 15 is 0 Å². The first kappa shape index (κ1) is 16.9. The quantitative estimate of drug-likeness (QED) is 0.820. The number of sulfonamides is 2. The Balaban J connectivity index is 2.31. The Morgan fingerprint density at radius 3 is 2.35 bits per heavy atom.